The summed E-state index contributed by atoms with van der Waals surface area (Å²) in [6.45, 7) is 0. The Bertz CT molecular complexity index is 1150. The molecule has 3 rings (SSSR count). The predicted molar refractivity (Wildman–Crippen MR) is 108 cm³/mol. The van der Waals surface area contributed by atoms with Crippen LogP contribution >= 0.6 is 43.5 Å². The Morgan fingerprint density at radius 1 is 1.04 bits per heavy atom. The second-order valence-electron chi connectivity index (χ2n) is 5.21. The summed E-state index contributed by atoms with van der Waals surface area (Å²) in [6.07, 6.45) is 1.42. The maximum absolute atomic E-state index is 12.6. The van der Waals surface area contributed by atoms with Crippen molar-refractivity contribution in [2.75, 3.05) is 0 Å². The lowest BCUT2D eigenvalue weighted by atomic mass is 10.2. The fourth-order valence-electron chi connectivity index (χ4n) is 2.24. The van der Waals surface area contributed by atoms with Crippen molar-refractivity contribution >= 4 is 70.3 Å². The summed E-state index contributed by atoms with van der Waals surface area (Å²) in [6, 6.07) is 11.5. The first kappa shape index (κ1) is 18.4. The largest absolute Gasteiger partial charge is 0.321 e. The molecule has 0 saturated carbocycles. The molecule has 0 radical (unpaired) electrons. The lowest BCUT2D eigenvalue weighted by molar-refractivity contribution is 0.603. The molecule has 0 unspecified atom stereocenters. The monoisotopic (exact) mass is 501 g/mol. The van der Waals surface area contributed by atoms with E-state index in [1.807, 2.05) is 0 Å². The number of H-pyrrole nitrogens is 1. The molecule has 0 aliphatic carbocycles. The van der Waals surface area contributed by atoms with Gasteiger partial charge >= 0.3 is 0 Å². The number of sulfone groups is 1. The number of hydrogen-bond donors (Lipinski definition) is 1. The van der Waals surface area contributed by atoms with E-state index in [1.54, 1.807) is 36.4 Å². The molecule has 0 atom stereocenters. The Labute approximate surface area is 165 Å². The number of aromatic nitrogens is 1. The molecule has 0 bridgehead atoms. The minimum Gasteiger partial charge on any atom is -0.321 e. The van der Waals surface area contributed by atoms with Crippen LogP contribution in [0, 0.1) is 0 Å². The molecule has 0 aliphatic heterocycles. The molecule has 1 aromatic heterocycles. The highest BCUT2D eigenvalue weighted by atomic mass is 79.9. The molecule has 0 spiro atoms. The van der Waals surface area contributed by atoms with Gasteiger partial charge in [-0.05, 0) is 42.0 Å². The second-order valence-corrected chi connectivity index (χ2v) is 9.22. The van der Waals surface area contributed by atoms with Crippen LogP contribution in [0.15, 0.2) is 66.5 Å². The molecule has 128 valence electrons. The number of aromatic amines is 1. The SMILES string of the molecule is O=c1[nH]c2cc(Br)cc(Br)c2cc1S(=O)(=O)/C=C/c1ccc(Cl)cc1. The molecular weight excluding hydrogens is 494 g/mol. The van der Waals surface area contributed by atoms with E-state index in [0.717, 1.165) is 9.88 Å². The van der Waals surface area contributed by atoms with E-state index < -0.39 is 15.4 Å². The molecule has 0 saturated heterocycles. The summed E-state index contributed by atoms with van der Waals surface area (Å²) in [5, 5.41) is 2.17. The molecule has 3 aromatic rings. The molecule has 1 N–H and O–H groups in total. The summed E-state index contributed by atoms with van der Waals surface area (Å²) in [7, 11) is -3.91. The first-order valence-corrected chi connectivity index (χ1v) is 10.5. The first-order valence-electron chi connectivity index (χ1n) is 6.97. The lowest BCUT2D eigenvalue weighted by Gasteiger charge is -2.05. The minimum atomic E-state index is -3.91. The Morgan fingerprint density at radius 3 is 2.40 bits per heavy atom. The lowest BCUT2D eigenvalue weighted by Crippen LogP contribution is -2.16. The normalized spacial score (nSPS) is 12.1. The standard InChI is InChI=1S/C17H10Br2ClNO3S/c18-11-7-14(19)13-9-16(17(22)21-15(13)8-11)25(23,24)6-5-10-1-3-12(20)4-2-10/h1-9H,(H,21,22)/b6-5+. The van der Waals surface area contributed by atoms with Gasteiger partial charge in [0.05, 0.1) is 5.52 Å². The zero-order chi connectivity index (χ0) is 18.2. The molecule has 8 heteroatoms. The highest BCUT2D eigenvalue weighted by molar-refractivity contribution is 9.11. The number of benzene rings is 2. The minimum absolute atomic E-state index is 0.312. The van der Waals surface area contributed by atoms with Crippen LogP contribution in [0.3, 0.4) is 0 Å². The highest BCUT2D eigenvalue weighted by Crippen LogP contribution is 2.28. The van der Waals surface area contributed by atoms with E-state index >= 15 is 0 Å². The van der Waals surface area contributed by atoms with Crippen molar-refractivity contribution in [1.82, 2.24) is 4.98 Å². The molecule has 0 fully saturated rings. The second kappa shape index (κ2) is 7.07. The summed E-state index contributed by atoms with van der Waals surface area (Å²) < 4.78 is 26.6. The number of hydrogen-bond acceptors (Lipinski definition) is 3. The third-order valence-electron chi connectivity index (χ3n) is 3.46. The summed E-state index contributed by atoms with van der Waals surface area (Å²) in [4.78, 5) is 14.5. The average Bonchev–Trinajstić information content (AvgIpc) is 2.53. The summed E-state index contributed by atoms with van der Waals surface area (Å²) in [5.74, 6) is 0. The van der Waals surface area contributed by atoms with Crippen molar-refractivity contribution < 1.29 is 8.42 Å². The molecule has 25 heavy (non-hydrogen) atoms. The van der Waals surface area contributed by atoms with E-state index in [9.17, 15) is 13.2 Å². The third-order valence-corrected chi connectivity index (χ3v) is 6.23. The van der Waals surface area contributed by atoms with Crippen molar-refractivity contribution in [1.29, 1.82) is 0 Å². The summed E-state index contributed by atoms with van der Waals surface area (Å²) >= 11 is 12.5. The maximum Gasteiger partial charge on any atom is 0.267 e. The predicted octanol–water partition coefficient (Wildman–Crippen LogP) is 5.15. The van der Waals surface area contributed by atoms with Crippen LogP contribution in [0.25, 0.3) is 17.0 Å². The number of fused-ring (bicyclic) bond motifs is 1. The van der Waals surface area contributed by atoms with Gasteiger partial charge in [0.2, 0.25) is 9.84 Å². The van der Waals surface area contributed by atoms with Crippen molar-refractivity contribution in [2.24, 2.45) is 0 Å². The van der Waals surface area contributed by atoms with Crippen LogP contribution in [0.2, 0.25) is 5.02 Å². The van der Waals surface area contributed by atoms with Gasteiger partial charge in [-0.3, -0.25) is 4.79 Å². The first-order chi connectivity index (χ1) is 11.8. The fourth-order valence-corrected chi connectivity index (χ4v) is 4.78. The van der Waals surface area contributed by atoms with E-state index in [2.05, 4.69) is 36.8 Å². The van der Waals surface area contributed by atoms with Crippen molar-refractivity contribution in [2.45, 2.75) is 4.90 Å². The molecule has 0 aliphatic rings. The van der Waals surface area contributed by atoms with E-state index in [4.69, 9.17) is 11.6 Å². The number of pyridine rings is 1. The Hall–Kier alpha value is -1.41. The topological polar surface area (TPSA) is 67.0 Å². The number of rotatable bonds is 3. The van der Waals surface area contributed by atoms with E-state index in [0.29, 0.717) is 26.0 Å². The van der Waals surface area contributed by atoms with Crippen molar-refractivity contribution in [3.05, 3.63) is 77.8 Å². The van der Waals surface area contributed by atoms with Crippen LogP contribution in [-0.2, 0) is 9.84 Å². The van der Waals surface area contributed by atoms with E-state index in [-0.39, 0.29) is 4.90 Å². The average molecular weight is 504 g/mol. The van der Waals surface area contributed by atoms with Crippen LogP contribution in [0.1, 0.15) is 5.56 Å². The number of halogens is 3. The van der Waals surface area contributed by atoms with Crippen molar-refractivity contribution in [3.63, 3.8) is 0 Å². The van der Waals surface area contributed by atoms with Gasteiger partial charge in [0.15, 0.2) is 0 Å². The summed E-state index contributed by atoms with van der Waals surface area (Å²) in [5.41, 5.74) is 0.528. The van der Waals surface area contributed by atoms with Crippen LogP contribution in [-0.4, -0.2) is 13.4 Å². The third kappa shape index (κ3) is 4.06. The Morgan fingerprint density at radius 2 is 1.72 bits per heavy atom. The van der Waals surface area contributed by atoms with Gasteiger partial charge in [0.25, 0.3) is 5.56 Å². The zero-order valence-electron chi connectivity index (χ0n) is 12.5. The van der Waals surface area contributed by atoms with Crippen LogP contribution < -0.4 is 5.56 Å². The van der Waals surface area contributed by atoms with Gasteiger partial charge in [-0.2, -0.15) is 0 Å². The van der Waals surface area contributed by atoms with Gasteiger partial charge < -0.3 is 4.98 Å². The number of nitrogens with one attached hydrogen (secondary N) is 1. The smallest absolute Gasteiger partial charge is 0.267 e. The fraction of sp³-hybridized carbons (Fsp3) is 0. The molecule has 4 nitrogen and oxygen atoms in total. The van der Waals surface area contributed by atoms with Gasteiger partial charge in [-0.15, -0.1) is 0 Å². The molecule has 2 aromatic carbocycles. The van der Waals surface area contributed by atoms with Crippen molar-refractivity contribution in [3.8, 4) is 0 Å². The molecule has 1 heterocycles. The zero-order valence-corrected chi connectivity index (χ0v) is 17.2. The van der Waals surface area contributed by atoms with Gasteiger partial charge in [-0.25, -0.2) is 8.42 Å². The van der Waals surface area contributed by atoms with Crippen LogP contribution in [0.4, 0.5) is 0 Å². The van der Waals surface area contributed by atoms with Gasteiger partial charge in [-0.1, -0.05) is 55.6 Å². The van der Waals surface area contributed by atoms with E-state index in [1.165, 1.54) is 12.1 Å². The maximum atomic E-state index is 12.6. The highest BCUT2D eigenvalue weighted by Gasteiger charge is 2.17. The van der Waals surface area contributed by atoms with Crippen LogP contribution in [0.5, 0.6) is 0 Å². The van der Waals surface area contributed by atoms with Gasteiger partial charge in [0, 0.05) is 24.8 Å². The molecule has 0 amide bonds. The quantitative estimate of drug-likeness (QED) is 0.538. The molecular formula is C17H10Br2ClNO3S. The Kier molecular flexibility index (Phi) is 5.20. The Balaban J connectivity index is 2.09. The van der Waals surface area contributed by atoms with Gasteiger partial charge in [0.1, 0.15) is 4.90 Å².